The highest BCUT2D eigenvalue weighted by Gasteiger charge is 2.41. The third-order valence-corrected chi connectivity index (χ3v) is 5.45. The van der Waals surface area contributed by atoms with E-state index in [0.717, 1.165) is 13.0 Å². The Morgan fingerprint density at radius 1 is 1.44 bits per heavy atom. The second-order valence-electron chi connectivity index (χ2n) is 6.53. The molecule has 0 saturated heterocycles. The monoisotopic (exact) mass is 256 g/mol. The first-order valence-electron chi connectivity index (χ1n) is 7.43. The molecule has 2 unspecified atom stereocenters. The van der Waals surface area contributed by atoms with Gasteiger partial charge in [-0.25, -0.2) is 0 Å². The molecule has 2 atom stereocenters. The van der Waals surface area contributed by atoms with Crippen molar-refractivity contribution < 1.29 is 5.11 Å². The molecule has 0 aliphatic heterocycles. The Bertz CT molecular complexity index is 249. The zero-order valence-corrected chi connectivity index (χ0v) is 12.9. The molecule has 1 aliphatic carbocycles. The first-order chi connectivity index (χ1) is 8.41. The van der Waals surface area contributed by atoms with Gasteiger partial charge in [0.15, 0.2) is 0 Å². The van der Waals surface area contributed by atoms with E-state index in [-0.39, 0.29) is 17.7 Å². The topological polar surface area (TPSA) is 35.5 Å². The van der Waals surface area contributed by atoms with E-state index >= 15 is 0 Å². The molecule has 0 heterocycles. The number of nitrogens with one attached hydrogen (secondary N) is 1. The summed E-state index contributed by atoms with van der Waals surface area (Å²) in [4.78, 5) is 2.46. The number of aliphatic hydroxyl groups excluding tert-OH is 1. The van der Waals surface area contributed by atoms with Gasteiger partial charge in [-0.3, -0.25) is 0 Å². The Balaban J connectivity index is 2.53. The molecule has 3 heteroatoms. The fourth-order valence-electron chi connectivity index (χ4n) is 3.10. The number of hydrogen-bond acceptors (Lipinski definition) is 3. The third kappa shape index (κ3) is 3.25. The predicted molar refractivity (Wildman–Crippen MR) is 77.8 cm³/mol. The third-order valence-electron chi connectivity index (χ3n) is 5.45. The van der Waals surface area contributed by atoms with Crippen molar-refractivity contribution in [2.75, 3.05) is 27.2 Å². The lowest BCUT2D eigenvalue weighted by atomic mass is 9.85. The highest BCUT2D eigenvalue weighted by atomic mass is 16.3. The Hall–Kier alpha value is -0.120. The maximum Gasteiger partial charge on any atom is 0.0615 e. The van der Waals surface area contributed by atoms with Crippen molar-refractivity contribution in [2.24, 2.45) is 5.92 Å². The van der Waals surface area contributed by atoms with Crippen molar-refractivity contribution >= 4 is 0 Å². The van der Waals surface area contributed by atoms with E-state index in [4.69, 9.17) is 0 Å². The average molecular weight is 256 g/mol. The second kappa shape index (κ2) is 6.36. The molecule has 1 aliphatic rings. The van der Waals surface area contributed by atoms with Gasteiger partial charge < -0.3 is 15.3 Å². The van der Waals surface area contributed by atoms with Crippen LogP contribution < -0.4 is 5.32 Å². The Morgan fingerprint density at radius 2 is 2.11 bits per heavy atom. The van der Waals surface area contributed by atoms with Gasteiger partial charge in [0.2, 0.25) is 0 Å². The lowest BCUT2D eigenvalue weighted by molar-refractivity contribution is 0.0997. The largest absolute Gasteiger partial charge is 0.394 e. The minimum absolute atomic E-state index is 0.0167. The quantitative estimate of drug-likeness (QED) is 0.733. The zero-order chi connectivity index (χ0) is 13.8. The maximum atomic E-state index is 9.68. The molecule has 1 saturated carbocycles. The molecule has 1 rings (SSSR count). The van der Waals surface area contributed by atoms with Crippen molar-refractivity contribution in [1.82, 2.24) is 10.2 Å². The minimum Gasteiger partial charge on any atom is -0.394 e. The first-order valence-corrected chi connectivity index (χ1v) is 7.43. The first kappa shape index (κ1) is 15.9. The molecule has 18 heavy (non-hydrogen) atoms. The zero-order valence-electron chi connectivity index (χ0n) is 12.9. The summed E-state index contributed by atoms with van der Waals surface area (Å²) in [7, 11) is 4.21. The minimum atomic E-state index is -0.0167. The van der Waals surface area contributed by atoms with Gasteiger partial charge in [0.1, 0.15) is 0 Å². The van der Waals surface area contributed by atoms with Crippen LogP contribution in [0.25, 0.3) is 0 Å². The molecule has 0 aromatic heterocycles. The second-order valence-corrected chi connectivity index (χ2v) is 6.53. The Kier molecular flexibility index (Phi) is 5.63. The van der Waals surface area contributed by atoms with Crippen LogP contribution in [-0.2, 0) is 0 Å². The van der Waals surface area contributed by atoms with Crippen LogP contribution in [0.5, 0.6) is 0 Å². The molecule has 0 aromatic rings. The van der Waals surface area contributed by atoms with E-state index < -0.39 is 0 Å². The summed E-state index contributed by atoms with van der Waals surface area (Å²) in [6, 6.07) is 0. The summed E-state index contributed by atoms with van der Waals surface area (Å²) in [5, 5.41) is 13.1. The van der Waals surface area contributed by atoms with Gasteiger partial charge in [0.05, 0.1) is 6.61 Å². The highest BCUT2D eigenvalue weighted by molar-refractivity contribution is 4.98. The maximum absolute atomic E-state index is 9.68. The van der Waals surface area contributed by atoms with Crippen LogP contribution >= 0.6 is 0 Å². The van der Waals surface area contributed by atoms with Crippen LogP contribution in [0, 0.1) is 5.92 Å². The van der Waals surface area contributed by atoms with Gasteiger partial charge in [-0.1, -0.05) is 13.3 Å². The fourth-order valence-corrected chi connectivity index (χ4v) is 3.10. The molecule has 3 nitrogen and oxygen atoms in total. The summed E-state index contributed by atoms with van der Waals surface area (Å²) in [6.45, 7) is 8.25. The van der Waals surface area contributed by atoms with E-state index in [0.29, 0.717) is 5.92 Å². The van der Waals surface area contributed by atoms with Gasteiger partial charge in [0.25, 0.3) is 0 Å². The van der Waals surface area contributed by atoms with Crippen molar-refractivity contribution in [1.29, 1.82) is 0 Å². The summed E-state index contributed by atoms with van der Waals surface area (Å²) in [5.74, 6) is 0.614. The fraction of sp³-hybridized carbons (Fsp3) is 1.00. The normalized spacial score (nSPS) is 29.2. The lowest BCUT2D eigenvalue weighted by Crippen LogP contribution is -2.51. The number of rotatable bonds is 7. The van der Waals surface area contributed by atoms with Crippen molar-refractivity contribution in [3.8, 4) is 0 Å². The molecular weight excluding hydrogens is 224 g/mol. The molecule has 0 bridgehead atoms. The van der Waals surface area contributed by atoms with Gasteiger partial charge in [0, 0.05) is 11.1 Å². The van der Waals surface area contributed by atoms with Crippen molar-refractivity contribution in [3.05, 3.63) is 0 Å². The molecule has 0 aromatic carbocycles. The summed E-state index contributed by atoms with van der Waals surface area (Å²) in [5.41, 5.74) is 0.261. The standard InChI is InChI=1S/C15H32N2O/c1-6-14(2,3)17(5)11-9-13-8-7-10-15(13,12-18)16-4/h13,16,18H,6-12H2,1-5H3. The highest BCUT2D eigenvalue weighted by Crippen LogP contribution is 2.37. The summed E-state index contributed by atoms with van der Waals surface area (Å²) in [6.07, 6.45) is 5.97. The number of hydrogen-bond donors (Lipinski definition) is 2. The van der Waals surface area contributed by atoms with Gasteiger partial charge in [-0.15, -0.1) is 0 Å². The van der Waals surface area contributed by atoms with Crippen LogP contribution in [0.1, 0.15) is 52.9 Å². The molecule has 0 amide bonds. The van der Waals surface area contributed by atoms with Crippen LogP contribution in [0.4, 0.5) is 0 Å². The van der Waals surface area contributed by atoms with Gasteiger partial charge in [-0.05, 0) is 66.1 Å². The molecule has 108 valence electrons. The summed E-state index contributed by atoms with van der Waals surface area (Å²) < 4.78 is 0. The van der Waals surface area contributed by atoms with Crippen molar-refractivity contribution in [2.45, 2.75) is 64.0 Å². The molecule has 1 fully saturated rings. The van der Waals surface area contributed by atoms with E-state index in [9.17, 15) is 5.11 Å². The van der Waals surface area contributed by atoms with Crippen LogP contribution in [0.2, 0.25) is 0 Å². The van der Waals surface area contributed by atoms with Crippen LogP contribution in [0.3, 0.4) is 0 Å². The van der Waals surface area contributed by atoms with E-state index in [1.165, 1.54) is 25.7 Å². The average Bonchev–Trinajstić information content (AvgIpc) is 2.79. The SMILES string of the molecule is CCC(C)(C)N(C)CCC1CCCC1(CO)NC. The smallest absolute Gasteiger partial charge is 0.0615 e. The molecular formula is C15H32N2O. The van der Waals surface area contributed by atoms with Crippen LogP contribution in [-0.4, -0.2) is 48.3 Å². The molecule has 0 radical (unpaired) electrons. The van der Waals surface area contributed by atoms with Crippen molar-refractivity contribution in [3.63, 3.8) is 0 Å². The van der Waals surface area contributed by atoms with Crippen LogP contribution in [0.15, 0.2) is 0 Å². The lowest BCUT2D eigenvalue weighted by Gasteiger charge is -2.38. The summed E-state index contributed by atoms with van der Waals surface area (Å²) >= 11 is 0. The van der Waals surface area contributed by atoms with Gasteiger partial charge >= 0.3 is 0 Å². The molecule has 0 spiro atoms. The Labute approximate surface area is 113 Å². The van der Waals surface area contributed by atoms with E-state index in [1.807, 2.05) is 7.05 Å². The van der Waals surface area contributed by atoms with E-state index in [1.54, 1.807) is 0 Å². The van der Waals surface area contributed by atoms with E-state index in [2.05, 4.69) is 38.0 Å². The number of aliphatic hydroxyl groups is 1. The number of nitrogens with zero attached hydrogens (tertiary/aromatic N) is 1. The predicted octanol–water partition coefficient (Wildman–Crippen LogP) is 2.25. The number of likely N-dealkylation sites (N-methyl/N-ethyl adjacent to an activating group) is 1. The van der Waals surface area contributed by atoms with Gasteiger partial charge in [-0.2, -0.15) is 0 Å². The Morgan fingerprint density at radius 3 is 2.61 bits per heavy atom. The molecule has 2 N–H and O–H groups in total.